The van der Waals surface area contributed by atoms with Crippen LogP contribution in [0.4, 0.5) is 18.9 Å². The van der Waals surface area contributed by atoms with Crippen molar-refractivity contribution in [1.82, 2.24) is 0 Å². The number of hydrogen-bond acceptors (Lipinski definition) is 3. The zero-order chi connectivity index (χ0) is 15.5. The Bertz CT molecular complexity index is 619. The van der Waals surface area contributed by atoms with E-state index in [9.17, 15) is 23.1 Å². The standard InChI is InChI=1S/C15H12F3NO2/c16-15(17,18)12-5-7-13(8-6-12)19-9-10-1-3-11(4-2-10)14(20)21/h1-8,19H,9H2,(H,20,21)/p-1. The average Bonchev–Trinajstić information content (AvgIpc) is 2.45. The summed E-state index contributed by atoms with van der Waals surface area (Å²) in [5.41, 5.74) is 0.728. The van der Waals surface area contributed by atoms with Crippen molar-refractivity contribution in [3.63, 3.8) is 0 Å². The number of nitrogens with one attached hydrogen (secondary N) is 1. The second-order valence-corrected chi connectivity index (χ2v) is 4.41. The Morgan fingerprint density at radius 2 is 1.57 bits per heavy atom. The molecule has 0 heterocycles. The molecular weight excluding hydrogens is 283 g/mol. The first-order valence-electron chi connectivity index (χ1n) is 6.08. The molecule has 0 fully saturated rings. The normalized spacial score (nSPS) is 11.2. The van der Waals surface area contributed by atoms with E-state index in [1.54, 1.807) is 12.1 Å². The molecule has 3 nitrogen and oxygen atoms in total. The molecule has 1 N–H and O–H groups in total. The molecule has 0 unspecified atom stereocenters. The quantitative estimate of drug-likeness (QED) is 0.943. The largest absolute Gasteiger partial charge is 0.545 e. The van der Waals surface area contributed by atoms with Gasteiger partial charge in [-0.25, -0.2) is 0 Å². The van der Waals surface area contributed by atoms with Crippen molar-refractivity contribution in [2.75, 3.05) is 5.32 Å². The van der Waals surface area contributed by atoms with Gasteiger partial charge in [-0.15, -0.1) is 0 Å². The molecule has 0 aromatic heterocycles. The van der Waals surface area contributed by atoms with Gasteiger partial charge in [0.15, 0.2) is 0 Å². The van der Waals surface area contributed by atoms with Gasteiger partial charge in [0.1, 0.15) is 0 Å². The third kappa shape index (κ3) is 3.98. The molecule has 2 rings (SSSR count). The van der Waals surface area contributed by atoms with Crippen molar-refractivity contribution in [3.05, 3.63) is 65.2 Å². The van der Waals surface area contributed by atoms with Crippen LogP contribution in [0.5, 0.6) is 0 Å². The minimum Gasteiger partial charge on any atom is -0.545 e. The van der Waals surface area contributed by atoms with Crippen LogP contribution in [0.1, 0.15) is 21.5 Å². The smallest absolute Gasteiger partial charge is 0.416 e. The summed E-state index contributed by atoms with van der Waals surface area (Å²) >= 11 is 0. The van der Waals surface area contributed by atoms with Crippen molar-refractivity contribution in [1.29, 1.82) is 0 Å². The van der Waals surface area contributed by atoms with Crippen LogP contribution in [-0.2, 0) is 12.7 Å². The van der Waals surface area contributed by atoms with Crippen molar-refractivity contribution in [2.45, 2.75) is 12.7 Å². The van der Waals surface area contributed by atoms with Gasteiger partial charge in [0, 0.05) is 12.2 Å². The number of carboxylic acids is 1. The van der Waals surface area contributed by atoms with Crippen LogP contribution >= 0.6 is 0 Å². The van der Waals surface area contributed by atoms with Crippen molar-refractivity contribution in [2.24, 2.45) is 0 Å². The van der Waals surface area contributed by atoms with Gasteiger partial charge in [-0.1, -0.05) is 24.3 Å². The van der Waals surface area contributed by atoms with Gasteiger partial charge >= 0.3 is 6.18 Å². The molecule has 6 heteroatoms. The number of rotatable bonds is 4. The molecule has 2 aromatic rings. The molecule has 0 spiro atoms. The highest BCUT2D eigenvalue weighted by Gasteiger charge is 2.29. The van der Waals surface area contributed by atoms with Crippen LogP contribution in [0.2, 0.25) is 0 Å². The second kappa shape index (κ2) is 5.87. The lowest BCUT2D eigenvalue weighted by molar-refractivity contribution is -0.255. The zero-order valence-corrected chi connectivity index (χ0v) is 10.8. The van der Waals surface area contributed by atoms with Crippen LogP contribution in [0.3, 0.4) is 0 Å². The summed E-state index contributed by atoms with van der Waals surface area (Å²) in [5, 5.41) is 13.5. The van der Waals surface area contributed by atoms with E-state index in [1.807, 2.05) is 0 Å². The zero-order valence-electron chi connectivity index (χ0n) is 10.8. The van der Waals surface area contributed by atoms with E-state index in [1.165, 1.54) is 24.3 Å². The topological polar surface area (TPSA) is 52.2 Å². The fourth-order valence-electron chi connectivity index (χ4n) is 1.74. The summed E-state index contributed by atoms with van der Waals surface area (Å²) in [5.74, 6) is -1.25. The maximum atomic E-state index is 12.4. The fraction of sp³-hybridized carbons (Fsp3) is 0.133. The van der Waals surface area contributed by atoms with Gasteiger partial charge in [0.25, 0.3) is 0 Å². The molecule has 0 aliphatic carbocycles. The van der Waals surface area contributed by atoms with Gasteiger partial charge in [-0.3, -0.25) is 0 Å². The molecule has 0 amide bonds. The van der Waals surface area contributed by atoms with Crippen molar-refractivity contribution in [3.8, 4) is 0 Å². The van der Waals surface area contributed by atoms with Crippen molar-refractivity contribution >= 4 is 11.7 Å². The highest BCUT2D eigenvalue weighted by molar-refractivity contribution is 5.85. The van der Waals surface area contributed by atoms with Crippen LogP contribution < -0.4 is 10.4 Å². The first-order chi connectivity index (χ1) is 9.86. The van der Waals surface area contributed by atoms with E-state index in [4.69, 9.17) is 0 Å². The van der Waals surface area contributed by atoms with Crippen LogP contribution in [0.15, 0.2) is 48.5 Å². The maximum absolute atomic E-state index is 12.4. The lowest BCUT2D eigenvalue weighted by Crippen LogP contribution is -2.22. The maximum Gasteiger partial charge on any atom is 0.416 e. The first-order valence-corrected chi connectivity index (χ1v) is 6.08. The Morgan fingerprint density at radius 1 is 1.00 bits per heavy atom. The van der Waals surface area contributed by atoms with Gasteiger partial charge in [-0.05, 0) is 35.4 Å². The minimum absolute atomic E-state index is 0.0771. The number of halogens is 3. The molecule has 0 atom stereocenters. The summed E-state index contributed by atoms with van der Waals surface area (Å²) < 4.78 is 37.2. The minimum atomic E-state index is -4.35. The van der Waals surface area contributed by atoms with E-state index >= 15 is 0 Å². The summed E-state index contributed by atoms with van der Waals surface area (Å²) in [4.78, 5) is 10.6. The number of carbonyl (C=O) groups is 1. The molecular formula is C15H11F3NO2-. The second-order valence-electron chi connectivity index (χ2n) is 4.41. The fourth-order valence-corrected chi connectivity index (χ4v) is 1.74. The number of aromatic carboxylic acids is 1. The number of anilines is 1. The Labute approximate surface area is 119 Å². The average molecular weight is 294 g/mol. The number of carboxylic acid groups (broad SMARTS) is 1. The number of benzene rings is 2. The predicted octanol–water partition coefficient (Wildman–Crippen LogP) is 2.68. The lowest BCUT2D eigenvalue weighted by Gasteiger charge is -2.10. The van der Waals surface area contributed by atoms with E-state index in [2.05, 4.69) is 5.32 Å². The summed E-state index contributed by atoms with van der Waals surface area (Å²) in [6.07, 6.45) is -4.35. The lowest BCUT2D eigenvalue weighted by atomic mass is 10.1. The first kappa shape index (κ1) is 14.9. The molecule has 0 saturated carbocycles. The Balaban J connectivity index is 1.98. The molecule has 0 radical (unpaired) electrons. The van der Waals surface area contributed by atoms with Gasteiger partial charge in [0.2, 0.25) is 0 Å². The molecule has 0 aliphatic rings. The third-order valence-electron chi connectivity index (χ3n) is 2.90. The molecule has 2 aromatic carbocycles. The van der Waals surface area contributed by atoms with Gasteiger partial charge in [0.05, 0.1) is 11.5 Å². The van der Waals surface area contributed by atoms with Crippen LogP contribution in [0, 0.1) is 0 Å². The predicted molar refractivity (Wildman–Crippen MR) is 69.5 cm³/mol. The third-order valence-corrected chi connectivity index (χ3v) is 2.90. The summed E-state index contributed by atoms with van der Waals surface area (Å²) in [6, 6.07) is 10.8. The van der Waals surface area contributed by atoms with Gasteiger partial charge < -0.3 is 15.2 Å². The van der Waals surface area contributed by atoms with Gasteiger partial charge in [-0.2, -0.15) is 13.2 Å². The van der Waals surface area contributed by atoms with Crippen LogP contribution in [-0.4, -0.2) is 5.97 Å². The van der Waals surface area contributed by atoms with E-state index in [0.29, 0.717) is 12.2 Å². The Morgan fingerprint density at radius 3 is 2.05 bits per heavy atom. The molecule has 0 aliphatic heterocycles. The molecule has 0 bridgehead atoms. The summed E-state index contributed by atoms with van der Waals surface area (Å²) in [6.45, 7) is 0.374. The highest BCUT2D eigenvalue weighted by Crippen LogP contribution is 2.29. The van der Waals surface area contributed by atoms with Crippen LogP contribution in [0.25, 0.3) is 0 Å². The monoisotopic (exact) mass is 294 g/mol. The number of carbonyl (C=O) groups excluding carboxylic acids is 1. The number of hydrogen-bond donors (Lipinski definition) is 1. The molecule has 21 heavy (non-hydrogen) atoms. The summed E-state index contributed by atoms with van der Waals surface area (Å²) in [7, 11) is 0. The van der Waals surface area contributed by atoms with E-state index in [0.717, 1.165) is 17.7 Å². The molecule has 0 saturated heterocycles. The van der Waals surface area contributed by atoms with Crippen molar-refractivity contribution < 1.29 is 23.1 Å². The SMILES string of the molecule is O=C([O-])c1ccc(CNc2ccc(C(F)(F)F)cc2)cc1. The Kier molecular flexibility index (Phi) is 4.16. The number of alkyl halides is 3. The van der Waals surface area contributed by atoms with E-state index < -0.39 is 17.7 Å². The van der Waals surface area contributed by atoms with E-state index in [-0.39, 0.29) is 5.56 Å². The Hall–Kier alpha value is -2.50. The highest BCUT2D eigenvalue weighted by atomic mass is 19.4. The molecule has 110 valence electrons.